The van der Waals surface area contributed by atoms with E-state index < -0.39 is 12.2 Å². The van der Waals surface area contributed by atoms with Crippen molar-refractivity contribution < 1.29 is 24.6 Å². The second-order valence-electron chi connectivity index (χ2n) is 5.75. The molecule has 0 spiro atoms. The molecule has 3 amide bonds. The number of carbonyl (C=O) groups is 3. The van der Waals surface area contributed by atoms with E-state index in [1.807, 2.05) is 17.5 Å². The zero-order valence-corrected chi connectivity index (χ0v) is 16.6. The molecule has 0 aliphatic heterocycles. The van der Waals surface area contributed by atoms with Crippen molar-refractivity contribution in [2.75, 3.05) is 5.32 Å². The predicted molar refractivity (Wildman–Crippen MR) is 110 cm³/mol. The number of thiazole rings is 1. The van der Waals surface area contributed by atoms with Crippen LogP contribution in [-0.4, -0.2) is 39.6 Å². The van der Waals surface area contributed by atoms with E-state index in [4.69, 9.17) is 15.0 Å². The van der Waals surface area contributed by atoms with E-state index >= 15 is 0 Å². The number of benzene rings is 1. The average Bonchev–Trinajstić information content (AvgIpc) is 3.06. The molecule has 0 fully saturated rings. The Labute approximate surface area is 171 Å². The fourth-order valence-corrected chi connectivity index (χ4v) is 2.96. The number of carbonyl (C=O) groups excluding carboxylic acids is 1. The number of primary amides is 1. The van der Waals surface area contributed by atoms with Crippen LogP contribution in [0.5, 0.6) is 0 Å². The van der Waals surface area contributed by atoms with E-state index in [-0.39, 0.29) is 5.91 Å². The zero-order chi connectivity index (χ0) is 21.6. The summed E-state index contributed by atoms with van der Waals surface area (Å²) >= 11 is 1.44. The smallest absolute Gasteiger partial charge is 0.409 e. The summed E-state index contributed by atoms with van der Waals surface area (Å²) in [5.74, 6) is -0.107. The van der Waals surface area contributed by atoms with Crippen molar-refractivity contribution >= 4 is 40.9 Å². The Bertz CT molecular complexity index is 831. The molecule has 1 heterocycles. The molecule has 0 aliphatic rings. The topological polar surface area (TPSA) is 167 Å². The number of aromatic nitrogens is 1. The summed E-state index contributed by atoms with van der Waals surface area (Å²) in [6.45, 7) is 1.91. The van der Waals surface area contributed by atoms with Crippen molar-refractivity contribution in [3.63, 3.8) is 0 Å². The van der Waals surface area contributed by atoms with Crippen LogP contribution in [0.25, 0.3) is 0 Å². The second kappa shape index (κ2) is 12.8. The summed E-state index contributed by atoms with van der Waals surface area (Å²) in [6.07, 6.45) is 1.51. The third-order valence-electron chi connectivity index (χ3n) is 3.31. The zero-order valence-electron chi connectivity index (χ0n) is 15.8. The lowest BCUT2D eigenvalue weighted by molar-refractivity contribution is -0.114. The van der Waals surface area contributed by atoms with Gasteiger partial charge in [0.1, 0.15) is 0 Å². The van der Waals surface area contributed by atoms with Gasteiger partial charge in [0.15, 0.2) is 5.13 Å². The predicted octanol–water partition coefficient (Wildman–Crippen LogP) is 2.70. The van der Waals surface area contributed by atoms with E-state index in [2.05, 4.69) is 38.5 Å². The fourth-order valence-electron chi connectivity index (χ4n) is 2.17. The van der Waals surface area contributed by atoms with Gasteiger partial charge >= 0.3 is 12.2 Å². The quantitative estimate of drug-likeness (QED) is 0.324. The third kappa shape index (κ3) is 11.8. The molecule has 156 valence electrons. The SMILES string of the molecule is CC(=O)Nc1nc(CCCc2ccc(CN=CNC(=O)O)cc2)cs1.NC(=O)O. The molecule has 0 unspecified atom stereocenters. The van der Waals surface area contributed by atoms with E-state index in [9.17, 15) is 9.59 Å². The van der Waals surface area contributed by atoms with Crippen LogP contribution in [0, 0.1) is 0 Å². The van der Waals surface area contributed by atoms with Crippen LogP contribution in [0.2, 0.25) is 0 Å². The summed E-state index contributed by atoms with van der Waals surface area (Å²) in [4.78, 5) is 38.4. The maximum absolute atomic E-state index is 11.0. The molecule has 0 saturated carbocycles. The van der Waals surface area contributed by atoms with Gasteiger partial charge in [-0.25, -0.2) is 14.6 Å². The number of nitrogens with one attached hydrogen (secondary N) is 2. The molecular formula is C18H23N5O5S. The lowest BCUT2D eigenvalue weighted by Crippen LogP contribution is -2.18. The number of amides is 3. The van der Waals surface area contributed by atoms with Crippen LogP contribution >= 0.6 is 11.3 Å². The number of carboxylic acid groups (broad SMARTS) is 2. The van der Waals surface area contributed by atoms with Crippen molar-refractivity contribution in [1.29, 1.82) is 0 Å². The van der Waals surface area contributed by atoms with Gasteiger partial charge in [0.2, 0.25) is 5.91 Å². The van der Waals surface area contributed by atoms with Crippen molar-refractivity contribution in [3.05, 3.63) is 46.5 Å². The maximum Gasteiger partial charge on any atom is 0.409 e. The van der Waals surface area contributed by atoms with Crippen molar-refractivity contribution in [1.82, 2.24) is 10.3 Å². The first-order valence-electron chi connectivity index (χ1n) is 8.52. The Morgan fingerprint density at radius 3 is 2.38 bits per heavy atom. The lowest BCUT2D eigenvalue weighted by atomic mass is 10.1. The lowest BCUT2D eigenvalue weighted by Gasteiger charge is -2.02. The highest BCUT2D eigenvalue weighted by molar-refractivity contribution is 7.13. The molecule has 10 nitrogen and oxygen atoms in total. The molecule has 0 aliphatic carbocycles. The van der Waals surface area contributed by atoms with Crippen LogP contribution in [0.1, 0.15) is 30.2 Å². The Balaban J connectivity index is 0.000000960. The second-order valence-corrected chi connectivity index (χ2v) is 6.61. The monoisotopic (exact) mass is 421 g/mol. The summed E-state index contributed by atoms with van der Waals surface area (Å²) in [6, 6.07) is 8.09. The fraction of sp³-hybridized carbons (Fsp3) is 0.278. The number of aliphatic imine (C=N–C) groups is 1. The molecule has 1 aromatic heterocycles. The molecule has 0 atom stereocenters. The molecule has 0 radical (unpaired) electrons. The van der Waals surface area contributed by atoms with E-state index in [1.165, 1.54) is 30.2 Å². The number of anilines is 1. The minimum Gasteiger partial charge on any atom is -0.465 e. The highest BCUT2D eigenvalue weighted by Crippen LogP contribution is 2.17. The number of nitrogens with two attached hydrogens (primary N) is 1. The molecule has 0 bridgehead atoms. The highest BCUT2D eigenvalue weighted by atomic mass is 32.1. The van der Waals surface area contributed by atoms with Gasteiger partial charge < -0.3 is 21.3 Å². The van der Waals surface area contributed by atoms with Gasteiger partial charge in [0, 0.05) is 12.3 Å². The molecule has 11 heteroatoms. The summed E-state index contributed by atoms with van der Waals surface area (Å²) in [7, 11) is 0. The molecule has 0 saturated heterocycles. The standard InChI is InChI=1S/C17H20N4O3S.CH3NO2/c1-12(22)20-16-21-15(10-25-16)4-2-3-13-5-7-14(8-6-13)9-18-11-19-17(23)24;2-1(3)4/h5-8,10-11H,2-4,9H2,1H3,(H,18,19)(H,23,24)(H,20,21,22);2H2,(H,3,4). The van der Waals surface area contributed by atoms with Gasteiger partial charge in [-0.15, -0.1) is 11.3 Å². The van der Waals surface area contributed by atoms with Gasteiger partial charge in [-0.05, 0) is 30.4 Å². The van der Waals surface area contributed by atoms with Gasteiger partial charge in [-0.3, -0.25) is 15.1 Å². The van der Waals surface area contributed by atoms with E-state index in [0.29, 0.717) is 11.7 Å². The first-order valence-corrected chi connectivity index (χ1v) is 9.40. The molecular weight excluding hydrogens is 398 g/mol. The van der Waals surface area contributed by atoms with E-state index in [1.54, 1.807) is 0 Å². The van der Waals surface area contributed by atoms with Crippen molar-refractivity contribution in [2.24, 2.45) is 10.7 Å². The Hall–Kier alpha value is -3.47. The van der Waals surface area contributed by atoms with E-state index in [0.717, 1.165) is 30.5 Å². The number of nitrogens with zero attached hydrogens (tertiary/aromatic N) is 2. The maximum atomic E-state index is 11.0. The largest absolute Gasteiger partial charge is 0.465 e. The molecule has 2 rings (SSSR count). The first-order chi connectivity index (χ1) is 13.8. The number of hydrogen-bond donors (Lipinski definition) is 5. The first kappa shape index (κ1) is 23.6. The summed E-state index contributed by atoms with van der Waals surface area (Å²) < 4.78 is 0. The summed E-state index contributed by atoms with van der Waals surface area (Å²) in [5, 5.41) is 23.0. The molecule has 6 N–H and O–H groups in total. The average molecular weight is 421 g/mol. The Kier molecular flexibility index (Phi) is 10.4. The van der Waals surface area contributed by atoms with Gasteiger partial charge in [-0.2, -0.15) is 0 Å². The molecule has 1 aromatic carbocycles. The third-order valence-corrected chi connectivity index (χ3v) is 4.12. The highest BCUT2D eigenvalue weighted by Gasteiger charge is 2.03. The molecule has 2 aromatic rings. The Morgan fingerprint density at radius 1 is 1.17 bits per heavy atom. The van der Waals surface area contributed by atoms with Crippen molar-refractivity contribution in [3.8, 4) is 0 Å². The van der Waals surface area contributed by atoms with Crippen LogP contribution in [0.4, 0.5) is 14.7 Å². The van der Waals surface area contributed by atoms with Crippen LogP contribution in [-0.2, 0) is 24.2 Å². The minimum atomic E-state index is -1.33. The Morgan fingerprint density at radius 2 is 1.79 bits per heavy atom. The summed E-state index contributed by atoms with van der Waals surface area (Å²) in [5.41, 5.74) is 7.27. The number of aryl methyl sites for hydroxylation is 2. The van der Waals surface area contributed by atoms with Crippen LogP contribution in [0.15, 0.2) is 34.6 Å². The minimum absolute atomic E-state index is 0.107. The van der Waals surface area contributed by atoms with Gasteiger partial charge in [0.25, 0.3) is 0 Å². The normalized spacial score (nSPS) is 10.1. The van der Waals surface area contributed by atoms with Gasteiger partial charge in [-0.1, -0.05) is 24.3 Å². The number of rotatable bonds is 8. The van der Waals surface area contributed by atoms with Crippen molar-refractivity contribution in [2.45, 2.75) is 32.7 Å². The molecule has 29 heavy (non-hydrogen) atoms. The van der Waals surface area contributed by atoms with Crippen LogP contribution < -0.4 is 16.4 Å². The van der Waals surface area contributed by atoms with Crippen LogP contribution in [0.3, 0.4) is 0 Å². The number of hydrogen-bond acceptors (Lipinski definition) is 6. The van der Waals surface area contributed by atoms with Gasteiger partial charge in [0.05, 0.1) is 18.6 Å².